The van der Waals surface area contributed by atoms with Gasteiger partial charge in [-0.2, -0.15) is 0 Å². The van der Waals surface area contributed by atoms with Gasteiger partial charge in [0, 0.05) is 23.5 Å². The fourth-order valence-corrected chi connectivity index (χ4v) is 7.31. The second-order valence-electron chi connectivity index (χ2n) is 11.3. The smallest absolute Gasteiger partial charge is 0.417 e. The molecule has 12 nitrogen and oxygen atoms in total. The third-order valence-corrected chi connectivity index (χ3v) is 9.67. The van der Waals surface area contributed by atoms with E-state index < -0.39 is 60.4 Å². The maximum atomic E-state index is 14.1. The highest BCUT2D eigenvalue weighted by Crippen LogP contribution is 2.62. The van der Waals surface area contributed by atoms with Crippen molar-refractivity contribution in [3.8, 4) is 0 Å². The molecule has 1 aromatic carbocycles. The largest absolute Gasteiger partial charge is 0.468 e. The van der Waals surface area contributed by atoms with Crippen molar-refractivity contribution in [1.82, 2.24) is 9.88 Å². The molecule has 1 aromatic heterocycles. The molecule has 2 amide bonds. The Hall–Kier alpha value is -3.21. The number of esters is 2. The van der Waals surface area contributed by atoms with Crippen molar-refractivity contribution in [2.45, 2.75) is 85.2 Å². The number of carbonyl (C=O) groups excluding carboxylic acids is 4. The summed E-state index contributed by atoms with van der Waals surface area (Å²) in [6.45, 7) is 12.8. The third-order valence-electron chi connectivity index (χ3n) is 7.34. The zero-order valence-electron chi connectivity index (χ0n) is 25.6. The molecular formula is C29H41N2O10P. The van der Waals surface area contributed by atoms with Crippen LogP contribution in [0.4, 0.5) is 4.79 Å². The van der Waals surface area contributed by atoms with E-state index in [1.807, 2.05) is 0 Å². The molecule has 0 aliphatic carbocycles. The molecule has 42 heavy (non-hydrogen) atoms. The fraction of sp³-hybridized carbons (Fsp3) is 0.586. The second-order valence-corrected chi connectivity index (χ2v) is 13.4. The number of imide groups is 1. The van der Waals surface area contributed by atoms with Crippen LogP contribution >= 0.6 is 7.60 Å². The summed E-state index contributed by atoms with van der Waals surface area (Å²) in [6, 6.07) is 6.29. The van der Waals surface area contributed by atoms with Crippen LogP contribution in [0.3, 0.4) is 0 Å². The Morgan fingerprint density at radius 3 is 2.24 bits per heavy atom. The zero-order chi connectivity index (χ0) is 31.6. The predicted octanol–water partition coefficient (Wildman–Crippen LogP) is 5.29. The molecule has 1 N–H and O–H groups in total. The number of amides is 2. The van der Waals surface area contributed by atoms with Gasteiger partial charge in [0.1, 0.15) is 17.1 Å². The lowest BCUT2D eigenvalue weighted by Crippen LogP contribution is -2.74. The van der Waals surface area contributed by atoms with Gasteiger partial charge >= 0.3 is 25.6 Å². The molecule has 1 saturated heterocycles. The van der Waals surface area contributed by atoms with Gasteiger partial charge < -0.3 is 28.2 Å². The van der Waals surface area contributed by atoms with Crippen molar-refractivity contribution >= 4 is 42.4 Å². The molecule has 3 rings (SSSR count). The molecule has 1 aliphatic heterocycles. The Bertz CT molecular complexity index is 1390. The maximum Gasteiger partial charge on any atom is 0.417 e. The van der Waals surface area contributed by atoms with Crippen LogP contribution < -0.4 is 0 Å². The Balaban J connectivity index is 2.25. The summed E-state index contributed by atoms with van der Waals surface area (Å²) in [4.78, 5) is 56.3. The number of H-pyrrole nitrogens is 1. The summed E-state index contributed by atoms with van der Waals surface area (Å²) in [6.07, 6.45) is -1.77. The molecular weight excluding hydrogens is 567 g/mol. The SMILES string of the molecule is CCOP(=O)(OCC)C(C(=O)OC)c1[nH]c2ccccc2c1C[C@@H]1N(C(=O)OC(C)(C)C)C(=O)[C@@]1(C)C(C)OC(C)=O. The number of likely N-dealkylation sites (tertiary alicyclic amines) is 1. The van der Waals surface area contributed by atoms with Crippen LogP contribution in [0.15, 0.2) is 24.3 Å². The van der Waals surface area contributed by atoms with Gasteiger partial charge in [-0.05, 0) is 66.5 Å². The van der Waals surface area contributed by atoms with E-state index in [-0.39, 0.29) is 25.3 Å². The lowest BCUT2D eigenvalue weighted by molar-refractivity contribution is -0.187. The Morgan fingerprint density at radius 2 is 1.71 bits per heavy atom. The average molecular weight is 609 g/mol. The van der Waals surface area contributed by atoms with E-state index >= 15 is 0 Å². The minimum absolute atomic E-state index is 0.00181. The van der Waals surface area contributed by atoms with E-state index in [0.29, 0.717) is 16.5 Å². The van der Waals surface area contributed by atoms with Gasteiger partial charge in [-0.3, -0.25) is 18.9 Å². The molecule has 2 unspecified atom stereocenters. The van der Waals surface area contributed by atoms with Crippen LogP contribution in [-0.4, -0.2) is 71.9 Å². The van der Waals surface area contributed by atoms with Crippen molar-refractivity contribution in [3.63, 3.8) is 0 Å². The monoisotopic (exact) mass is 608 g/mol. The number of benzene rings is 1. The summed E-state index contributed by atoms with van der Waals surface area (Å²) in [5, 5.41) is 0.659. The van der Waals surface area contributed by atoms with E-state index in [0.717, 1.165) is 4.90 Å². The first kappa shape index (κ1) is 33.3. The highest BCUT2D eigenvalue weighted by atomic mass is 31.2. The lowest BCUT2D eigenvalue weighted by Gasteiger charge is -2.54. The summed E-state index contributed by atoms with van der Waals surface area (Å²) in [5.41, 5.74) is -2.40. The van der Waals surface area contributed by atoms with E-state index in [9.17, 15) is 23.7 Å². The van der Waals surface area contributed by atoms with E-state index in [4.69, 9.17) is 23.3 Å². The standard InChI is InChI=1S/C29H41N2O10P/c1-10-38-42(36,39-11-2)24(25(33)37-9)23-20(19-14-12-13-15-21(19)30-23)16-22-29(8,17(3)40-18(4)32)26(34)31(22)27(35)41-28(5,6)7/h12-15,17,22,24,30H,10-11,16H2,1-9H3/t17?,22-,24?,29-/m0/s1. The molecule has 1 aliphatic rings. The number of carbonyl (C=O) groups is 4. The molecule has 4 atom stereocenters. The van der Waals surface area contributed by atoms with Gasteiger partial charge in [0.05, 0.1) is 26.4 Å². The maximum absolute atomic E-state index is 14.1. The number of hydrogen-bond donors (Lipinski definition) is 1. The van der Waals surface area contributed by atoms with Gasteiger partial charge in [-0.15, -0.1) is 0 Å². The van der Waals surface area contributed by atoms with E-state index in [1.54, 1.807) is 72.7 Å². The highest BCUT2D eigenvalue weighted by molar-refractivity contribution is 7.55. The molecule has 232 valence electrons. The molecule has 0 radical (unpaired) electrons. The van der Waals surface area contributed by atoms with Gasteiger partial charge in [0.15, 0.2) is 5.66 Å². The van der Waals surface area contributed by atoms with Crippen molar-refractivity contribution in [3.05, 3.63) is 35.5 Å². The number of rotatable bonds is 11. The van der Waals surface area contributed by atoms with Crippen LogP contribution in [-0.2, 0) is 48.6 Å². The minimum Gasteiger partial charge on any atom is -0.468 e. The van der Waals surface area contributed by atoms with Gasteiger partial charge in [0.2, 0.25) is 5.91 Å². The topological polar surface area (TPSA) is 151 Å². The molecule has 2 heterocycles. The van der Waals surface area contributed by atoms with Crippen molar-refractivity contribution in [2.75, 3.05) is 20.3 Å². The molecule has 0 spiro atoms. The second kappa shape index (κ2) is 12.6. The number of fused-ring (bicyclic) bond motifs is 1. The quantitative estimate of drug-likeness (QED) is 0.154. The predicted molar refractivity (Wildman–Crippen MR) is 154 cm³/mol. The van der Waals surface area contributed by atoms with Crippen LogP contribution in [0.5, 0.6) is 0 Å². The number of para-hydroxylation sites is 1. The number of nitrogens with zero attached hydrogens (tertiary/aromatic N) is 1. The molecule has 0 saturated carbocycles. The number of aromatic amines is 1. The molecule has 0 bridgehead atoms. The van der Waals surface area contributed by atoms with Gasteiger partial charge in [-0.25, -0.2) is 9.69 Å². The summed E-state index contributed by atoms with van der Waals surface area (Å²) in [7, 11) is -2.96. The van der Waals surface area contributed by atoms with Gasteiger partial charge in [-0.1, -0.05) is 18.2 Å². The van der Waals surface area contributed by atoms with E-state index in [1.165, 1.54) is 14.0 Å². The normalized spacial score (nSPS) is 20.5. The highest BCUT2D eigenvalue weighted by Gasteiger charge is 2.64. The van der Waals surface area contributed by atoms with Crippen molar-refractivity contribution in [2.24, 2.45) is 5.41 Å². The molecule has 13 heteroatoms. The fourth-order valence-electron chi connectivity index (χ4n) is 5.32. The third kappa shape index (κ3) is 6.26. The lowest BCUT2D eigenvalue weighted by atomic mass is 9.66. The van der Waals surface area contributed by atoms with E-state index in [2.05, 4.69) is 4.98 Å². The first-order chi connectivity index (χ1) is 19.5. The first-order valence-corrected chi connectivity index (χ1v) is 15.5. The van der Waals surface area contributed by atoms with Gasteiger partial charge in [0.25, 0.3) is 0 Å². The summed E-state index contributed by atoms with van der Waals surface area (Å²) >= 11 is 0. The number of methoxy groups -OCH3 is 1. The summed E-state index contributed by atoms with van der Waals surface area (Å²) < 4.78 is 41.3. The number of ether oxygens (including phenoxy) is 3. The number of aromatic nitrogens is 1. The minimum atomic E-state index is -4.13. The Labute approximate surface area is 245 Å². The number of β-lactam (4-membered cyclic amide) rings is 1. The molecule has 1 fully saturated rings. The first-order valence-electron chi connectivity index (χ1n) is 13.9. The Morgan fingerprint density at radius 1 is 1.12 bits per heavy atom. The number of nitrogens with one attached hydrogen (secondary N) is 1. The molecule has 2 aromatic rings. The van der Waals surface area contributed by atoms with Crippen LogP contribution in [0.25, 0.3) is 10.9 Å². The van der Waals surface area contributed by atoms with Crippen LogP contribution in [0, 0.1) is 5.41 Å². The van der Waals surface area contributed by atoms with Crippen LogP contribution in [0.2, 0.25) is 0 Å². The number of hydrogen-bond acceptors (Lipinski definition) is 10. The Kier molecular flexibility index (Phi) is 9.96. The average Bonchev–Trinajstić information content (AvgIpc) is 3.24. The zero-order valence-corrected chi connectivity index (χ0v) is 26.5. The van der Waals surface area contributed by atoms with Crippen molar-refractivity contribution < 1.29 is 47.0 Å². The summed E-state index contributed by atoms with van der Waals surface area (Å²) in [5.74, 6) is -2.01. The van der Waals surface area contributed by atoms with Crippen molar-refractivity contribution in [1.29, 1.82) is 0 Å². The van der Waals surface area contributed by atoms with Crippen LogP contribution in [0.1, 0.15) is 72.3 Å².